The summed E-state index contributed by atoms with van der Waals surface area (Å²) in [6, 6.07) is 0. The molecule has 0 spiro atoms. The highest BCUT2D eigenvalue weighted by molar-refractivity contribution is 5.79. The fourth-order valence-corrected chi connectivity index (χ4v) is 0.566. The number of imide groups is 1. The average Bonchev–Trinajstić information content (AvgIpc) is 2.05. The molecule has 11 heavy (non-hydrogen) atoms. The largest absolute Gasteiger partial charge is 0.452 e. The van der Waals surface area contributed by atoms with Crippen LogP contribution in [0, 0.1) is 0 Å². The number of hydrogen-bond donors (Lipinski definition) is 1. The van der Waals surface area contributed by atoms with Crippen molar-refractivity contribution in [1.29, 1.82) is 0 Å². The van der Waals surface area contributed by atoms with Crippen LogP contribution in [0.5, 0.6) is 0 Å². The summed E-state index contributed by atoms with van der Waals surface area (Å²) in [5.41, 5.74) is 5.18. The molecule has 5 nitrogen and oxygen atoms in total. The van der Waals surface area contributed by atoms with E-state index in [0.717, 1.165) is 4.90 Å². The van der Waals surface area contributed by atoms with E-state index in [0.29, 0.717) is 25.9 Å². The van der Waals surface area contributed by atoms with Crippen molar-refractivity contribution in [2.75, 3.05) is 20.2 Å². The van der Waals surface area contributed by atoms with Gasteiger partial charge in [0.15, 0.2) is 0 Å². The average molecular weight is 160 g/mol. The maximum absolute atomic E-state index is 10.7. The molecule has 0 saturated heterocycles. The van der Waals surface area contributed by atoms with E-state index < -0.39 is 6.09 Å². The number of ether oxygens (including phenoxy) is 1. The molecule has 0 atom stereocenters. The first-order chi connectivity index (χ1) is 5.26. The van der Waals surface area contributed by atoms with Crippen molar-refractivity contribution in [1.82, 2.24) is 4.90 Å². The number of nitrogens with zero attached hydrogens (tertiary/aromatic N) is 1. The van der Waals surface area contributed by atoms with E-state index in [1.165, 1.54) is 7.11 Å². The minimum atomic E-state index is -0.645. The summed E-state index contributed by atoms with van der Waals surface area (Å²) in [5, 5.41) is 0. The monoisotopic (exact) mass is 160 g/mol. The zero-order valence-electron chi connectivity index (χ0n) is 6.45. The van der Waals surface area contributed by atoms with Crippen LogP contribution in [0.1, 0.15) is 6.42 Å². The second-order valence-corrected chi connectivity index (χ2v) is 1.91. The summed E-state index contributed by atoms with van der Waals surface area (Å²) >= 11 is 0. The van der Waals surface area contributed by atoms with Crippen LogP contribution < -0.4 is 5.73 Å². The molecule has 0 heterocycles. The second-order valence-electron chi connectivity index (χ2n) is 1.91. The van der Waals surface area contributed by atoms with Crippen molar-refractivity contribution >= 4 is 12.5 Å². The molecular formula is C6H12N2O3. The van der Waals surface area contributed by atoms with Crippen LogP contribution in [0.25, 0.3) is 0 Å². The van der Waals surface area contributed by atoms with Crippen LogP contribution in [0.3, 0.4) is 0 Å². The molecule has 0 fully saturated rings. The Balaban J connectivity index is 3.74. The van der Waals surface area contributed by atoms with E-state index in [2.05, 4.69) is 4.74 Å². The van der Waals surface area contributed by atoms with Crippen molar-refractivity contribution in [3.8, 4) is 0 Å². The van der Waals surface area contributed by atoms with Crippen molar-refractivity contribution in [3.63, 3.8) is 0 Å². The smallest absolute Gasteiger partial charge is 0.416 e. The number of carbonyl (C=O) groups is 2. The highest BCUT2D eigenvalue weighted by Gasteiger charge is 2.10. The lowest BCUT2D eigenvalue weighted by molar-refractivity contribution is -0.116. The van der Waals surface area contributed by atoms with Gasteiger partial charge in [0, 0.05) is 6.54 Å². The van der Waals surface area contributed by atoms with Crippen LogP contribution in [0.15, 0.2) is 0 Å². The molecule has 0 aromatic heterocycles. The van der Waals surface area contributed by atoms with E-state index >= 15 is 0 Å². The Hall–Kier alpha value is -1.10. The van der Waals surface area contributed by atoms with Gasteiger partial charge in [0.2, 0.25) is 6.41 Å². The van der Waals surface area contributed by atoms with Crippen molar-refractivity contribution in [2.24, 2.45) is 5.73 Å². The van der Waals surface area contributed by atoms with Crippen LogP contribution in [-0.2, 0) is 9.53 Å². The lowest BCUT2D eigenvalue weighted by Crippen LogP contribution is -2.31. The van der Waals surface area contributed by atoms with Crippen LogP contribution in [-0.4, -0.2) is 37.6 Å². The van der Waals surface area contributed by atoms with Gasteiger partial charge in [-0.25, -0.2) is 4.79 Å². The Morgan fingerprint density at radius 1 is 1.73 bits per heavy atom. The third-order valence-corrected chi connectivity index (χ3v) is 1.14. The van der Waals surface area contributed by atoms with E-state index in [1.807, 2.05) is 0 Å². The Kier molecular flexibility index (Phi) is 5.10. The molecule has 0 aliphatic heterocycles. The fourth-order valence-electron chi connectivity index (χ4n) is 0.566. The molecule has 2 amide bonds. The van der Waals surface area contributed by atoms with Gasteiger partial charge in [0.1, 0.15) is 0 Å². The number of hydrogen-bond acceptors (Lipinski definition) is 4. The standard InChI is InChI=1S/C6H12N2O3/c1-11-6(10)8(5-9)4-2-3-7/h5H,2-4,7H2,1H3. The van der Waals surface area contributed by atoms with Gasteiger partial charge in [0.25, 0.3) is 0 Å². The Bertz CT molecular complexity index is 138. The zero-order valence-corrected chi connectivity index (χ0v) is 6.45. The first-order valence-electron chi connectivity index (χ1n) is 3.26. The Morgan fingerprint density at radius 3 is 2.73 bits per heavy atom. The lowest BCUT2D eigenvalue weighted by atomic mass is 10.4. The van der Waals surface area contributed by atoms with Gasteiger partial charge in [0.05, 0.1) is 7.11 Å². The van der Waals surface area contributed by atoms with Gasteiger partial charge >= 0.3 is 6.09 Å². The number of rotatable bonds is 4. The van der Waals surface area contributed by atoms with Crippen LogP contribution >= 0.6 is 0 Å². The van der Waals surface area contributed by atoms with Gasteiger partial charge in [-0.3, -0.25) is 9.69 Å². The molecule has 5 heteroatoms. The molecule has 64 valence electrons. The molecule has 0 saturated carbocycles. The maximum atomic E-state index is 10.7. The Morgan fingerprint density at radius 2 is 2.36 bits per heavy atom. The number of amides is 2. The fraction of sp³-hybridized carbons (Fsp3) is 0.667. The minimum Gasteiger partial charge on any atom is -0.452 e. The van der Waals surface area contributed by atoms with Gasteiger partial charge in [-0.15, -0.1) is 0 Å². The number of nitrogens with two attached hydrogens (primary N) is 1. The molecule has 2 N–H and O–H groups in total. The molecule has 0 rings (SSSR count). The maximum Gasteiger partial charge on any atom is 0.416 e. The normalized spacial score (nSPS) is 8.91. The minimum absolute atomic E-state index is 0.312. The first-order valence-corrected chi connectivity index (χ1v) is 3.26. The third kappa shape index (κ3) is 3.57. The molecule has 0 bridgehead atoms. The van der Waals surface area contributed by atoms with Crippen molar-refractivity contribution in [3.05, 3.63) is 0 Å². The van der Waals surface area contributed by atoms with Crippen LogP contribution in [0.2, 0.25) is 0 Å². The van der Waals surface area contributed by atoms with E-state index in [9.17, 15) is 9.59 Å². The molecular weight excluding hydrogens is 148 g/mol. The summed E-state index contributed by atoms with van der Waals surface area (Å²) in [6.07, 6.45) is 0.378. The van der Waals surface area contributed by atoms with Crippen molar-refractivity contribution < 1.29 is 14.3 Å². The molecule has 0 aliphatic rings. The number of carbonyl (C=O) groups excluding carboxylic acids is 2. The van der Waals surface area contributed by atoms with E-state index in [-0.39, 0.29) is 0 Å². The molecule has 0 aromatic rings. The van der Waals surface area contributed by atoms with E-state index in [1.54, 1.807) is 0 Å². The summed E-state index contributed by atoms with van der Waals surface area (Å²) in [6.45, 7) is 0.758. The quantitative estimate of drug-likeness (QED) is 0.566. The van der Waals surface area contributed by atoms with Gasteiger partial charge in [-0.1, -0.05) is 0 Å². The molecule has 0 radical (unpaired) electrons. The van der Waals surface area contributed by atoms with Crippen molar-refractivity contribution in [2.45, 2.75) is 6.42 Å². The lowest BCUT2D eigenvalue weighted by Gasteiger charge is -2.11. The zero-order chi connectivity index (χ0) is 8.69. The molecule has 0 unspecified atom stereocenters. The summed E-state index contributed by atoms with van der Waals surface area (Å²) in [5.74, 6) is 0. The topological polar surface area (TPSA) is 72.6 Å². The highest BCUT2D eigenvalue weighted by Crippen LogP contribution is 1.89. The van der Waals surface area contributed by atoms with E-state index in [4.69, 9.17) is 5.73 Å². The number of methoxy groups -OCH3 is 1. The van der Waals surface area contributed by atoms with Gasteiger partial charge in [-0.05, 0) is 13.0 Å². The third-order valence-electron chi connectivity index (χ3n) is 1.14. The first kappa shape index (κ1) is 9.90. The molecule has 0 aliphatic carbocycles. The van der Waals surface area contributed by atoms with Gasteiger partial charge in [-0.2, -0.15) is 0 Å². The molecule has 0 aromatic carbocycles. The summed E-state index contributed by atoms with van der Waals surface area (Å²) in [4.78, 5) is 21.8. The van der Waals surface area contributed by atoms with Crippen LogP contribution in [0.4, 0.5) is 4.79 Å². The highest BCUT2D eigenvalue weighted by atomic mass is 16.5. The summed E-state index contributed by atoms with van der Waals surface area (Å²) in [7, 11) is 1.22. The Labute approximate surface area is 65.1 Å². The summed E-state index contributed by atoms with van der Waals surface area (Å²) < 4.78 is 4.32. The second kappa shape index (κ2) is 5.67. The predicted molar refractivity (Wildman–Crippen MR) is 38.8 cm³/mol. The SMILES string of the molecule is COC(=O)N(C=O)CCCN. The van der Waals surface area contributed by atoms with Gasteiger partial charge < -0.3 is 10.5 Å². The predicted octanol–water partition coefficient (Wildman–Crippen LogP) is -0.440.